The van der Waals surface area contributed by atoms with Crippen LogP contribution in [-0.2, 0) is 0 Å². The molecule has 0 saturated heterocycles. The van der Waals surface area contributed by atoms with Gasteiger partial charge in [-0.05, 0) is 102 Å². The molecule has 0 amide bonds. The number of aliphatic hydroxyl groups is 2. The molecule has 0 aromatic rings. The first kappa shape index (κ1) is 23.4. The van der Waals surface area contributed by atoms with Gasteiger partial charge in [-0.15, -0.1) is 0 Å². The van der Waals surface area contributed by atoms with Gasteiger partial charge >= 0.3 is 0 Å². The molecule has 5 rings (SSSR count). The highest BCUT2D eigenvalue weighted by molar-refractivity contribution is 5.35. The molecule has 0 aromatic carbocycles. The lowest BCUT2D eigenvalue weighted by atomic mass is 9.33. The van der Waals surface area contributed by atoms with Crippen LogP contribution in [0.4, 0.5) is 0 Å². The summed E-state index contributed by atoms with van der Waals surface area (Å²) in [4.78, 5) is 0. The normalized spacial score (nSPS) is 56.2. The molecule has 0 aliphatic heterocycles. The van der Waals surface area contributed by atoms with Gasteiger partial charge in [-0.1, -0.05) is 67.0 Å². The predicted molar refractivity (Wildman–Crippen MR) is 132 cm³/mol. The van der Waals surface area contributed by atoms with Crippen LogP contribution in [0.15, 0.2) is 11.6 Å². The second-order valence-corrected chi connectivity index (χ2v) is 15.4. The minimum Gasteiger partial charge on any atom is -0.393 e. The Balaban J connectivity index is 1.62. The van der Waals surface area contributed by atoms with E-state index in [4.69, 9.17) is 0 Å². The second-order valence-electron chi connectivity index (χ2n) is 15.4. The third-order valence-electron chi connectivity index (χ3n) is 13.0. The summed E-state index contributed by atoms with van der Waals surface area (Å²) in [6.07, 6.45) is 12.7. The van der Waals surface area contributed by atoms with Gasteiger partial charge < -0.3 is 10.2 Å². The maximum atomic E-state index is 11.9. The van der Waals surface area contributed by atoms with Crippen molar-refractivity contribution in [3.05, 3.63) is 11.6 Å². The van der Waals surface area contributed by atoms with Gasteiger partial charge in [0.15, 0.2) is 0 Å². The minimum absolute atomic E-state index is 0.0719. The Morgan fingerprint density at radius 2 is 1.44 bits per heavy atom. The molecule has 0 spiro atoms. The Kier molecular flexibility index (Phi) is 4.87. The molecule has 9 unspecified atom stereocenters. The smallest absolute Gasteiger partial charge is 0.0762 e. The summed E-state index contributed by atoms with van der Waals surface area (Å²) in [5.41, 5.74) is 2.76. The van der Waals surface area contributed by atoms with Gasteiger partial charge in [-0.25, -0.2) is 0 Å². The van der Waals surface area contributed by atoms with Crippen molar-refractivity contribution < 1.29 is 10.2 Å². The lowest BCUT2D eigenvalue weighted by Crippen LogP contribution is -2.67. The van der Waals surface area contributed by atoms with Gasteiger partial charge in [-0.2, -0.15) is 0 Å². The maximum absolute atomic E-state index is 11.9. The molecule has 0 heterocycles. The molecular formula is C30H50O2. The first-order valence-electron chi connectivity index (χ1n) is 13.7. The van der Waals surface area contributed by atoms with E-state index in [0.717, 1.165) is 12.8 Å². The third kappa shape index (κ3) is 2.78. The molecule has 2 heteroatoms. The van der Waals surface area contributed by atoms with Crippen LogP contribution in [0.5, 0.6) is 0 Å². The van der Waals surface area contributed by atoms with Crippen molar-refractivity contribution in [2.75, 3.05) is 0 Å². The van der Waals surface area contributed by atoms with Crippen LogP contribution in [0.3, 0.4) is 0 Å². The number of fused-ring (bicyclic) bond motifs is 7. The highest BCUT2D eigenvalue weighted by atomic mass is 16.3. The highest BCUT2D eigenvalue weighted by Gasteiger charge is 2.69. The van der Waals surface area contributed by atoms with E-state index in [1.165, 1.54) is 44.9 Å². The van der Waals surface area contributed by atoms with Gasteiger partial charge in [-0.3, -0.25) is 0 Å². The van der Waals surface area contributed by atoms with Gasteiger partial charge in [0, 0.05) is 5.92 Å². The fraction of sp³-hybridized carbons (Fsp3) is 0.933. The zero-order valence-corrected chi connectivity index (χ0v) is 22.2. The molecule has 5 aliphatic carbocycles. The molecule has 4 saturated carbocycles. The Morgan fingerprint density at radius 3 is 2.12 bits per heavy atom. The molecule has 2 N–H and O–H groups in total. The SMILES string of the molecule is CC1(C)CCC2(C)CCC3(C)C(=CC(O)C4C5(C)CCC(O)C(C)(C)C5CCC43C)C2C1. The van der Waals surface area contributed by atoms with E-state index >= 15 is 0 Å². The molecule has 5 aliphatic rings. The van der Waals surface area contributed by atoms with Gasteiger partial charge in [0.05, 0.1) is 12.2 Å². The van der Waals surface area contributed by atoms with Crippen LogP contribution in [0.1, 0.15) is 113 Å². The van der Waals surface area contributed by atoms with Gasteiger partial charge in [0.1, 0.15) is 0 Å². The van der Waals surface area contributed by atoms with Crippen LogP contribution >= 0.6 is 0 Å². The Labute approximate surface area is 197 Å². The Bertz CT molecular complexity index is 825. The fourth-order valence-corrected chi connectivity index (χ4v) is 10.6. The third-order valence-corrected chi connectivity index (χ3v) is 13.0. The average Bonchev–Trinajstić information content (AvgIpc) is 2.68. The summed E-state index contributed by atoms with van der Waals surface area (Å²) in [5, 5.41) is 22.8. The van der Waals surface area contributed by atoms with Crippen molar-refractivity contribution in [3.8, 4) is 0 Å². The van der Waals surface area contributed by atoms with E-state index in [2.05, 4.69) is 61.5 Å². The zero-order chi connectivity index (χ0) is 23.5. The van der Waals surface area contributed by atoms with Crippen LogP contribution in [-0.4, -0.2) is 22.4 Å². The minimum atomic E-state index is -0.352. The van der Waals surface area contributed by atoms with Crippen LogP contribution in [0.2, 0.25) is 0 Å². The monoisotopic (exact) mass is 442 g/mol. The van der Waals surface area contributed by atoms with E-state index in [9.17, 15) is 10.2 Å². The first-order valence-corrected chi connectivity index (χ1v) is 13.7. The van der Waals surface area contributed by atoms with Crippen molar-refractivity contribution in [1.29, 1.82) is 0 Å². The van der Waals surface area contributed by atoms with Crippen molar-refractivity contribution in [3.63, 3.8) is 0 Å². The van der Waals surface area contributed by atoms with Crippen LogP contribution < -0.4 is 0 Å². The van der Waals surface area contributed by atoms with Crippen molar-refractivity contribution >= 4 is 0 Å². The number of aliphatic hydroxyl groups excluding tert-OH is 2. The van der Waals surface area contributed by atoms with E-state index < -0.39 is 0 Å². The molecule has 0 bridgehead atoms. The summed E-state index contributed by atoms with van der Waals surface area (Å²) in [5.74, 6) is 1.38. The average molecular weight is 443 g/mol. The molecule has 4 fully saturated rings. The van der Waals surface area contributed by atoms with Crippen molar-refractivity contribution in [2.24, 2.45) is 50.2 Å². The van der Waals surface area contributed by atoms with Crippen molar-refractivity contribution in [2.45, 2.75) is 125 Å². The quantitative estimate of drug-likeness (QED) is 0.391. The largest absolute Gasteiger partial charge is 0.393 e. The van der Waals surface area contributed by atoms with E-state index in [-0.39, 0.29) is 39.8 Å². The molecular weight excluding hydrogens is 392 g/mol. The standard InChI is InChI=1S/C30H50O2/c1-25(2)13-14-27(5)15-16-29(7)19(20(27)18-25)17-21(31)24-28(6)11-10-23(32)26(3,4)22(28)9-12-30(24,29)8/h17,20-24,31-32H,9-16,18H2,1-8H3. The molecule has 2 nitrogen and oxygen atoms in total. The number of hydrogen-bond donors (Lipinski definition) is 2. The summed E-state index contributed by atoms with van der Waals surface area (Å²) in [6, 6.07) is 0. The summed E-state index contributed by atoms with van der Waals surface area (Å²) < 4.78 is 0. The van der Waals surface area contributed by atoms with Gasteiger partial charge in [0.2, 0.25) is 0 Å². The molecule has 0 radical (unpaired) electrons. The summed E-state index contributed by atoms with van der Waals surface area (Å²) in [7, 11) is 0. The summed E-state index contributed by atoms with van der Waals surface area (Å²) >= 11 is 0. The topological polar surface area (TPSA) is 40.5 Å². The maximum Gasteiger partial charge on any atom is 0.0762 e. The number of rotatable bonds is 0. The fourth-order valence-electron chi connectivity index (χ4n) is 10.6. The summed E-state index contributed by atoms with van der Waals surface area (Å²) in [6.45, 7) is 19.7. The Morgan fingerprint density at radius 1 is 0.781 bits per heavy atom. The van der Waals surface area contributed by atoms with Crippen molar-refractivity contribution in [1.82, 2.24) is 0 Å². The number of hydrogen-bond acceptors (Lipinski definition) is 2. The second kappa shape index (κ2) is 6.66. The molecule has 0 aromatic heterocycles. The van der Waals surface area contributed by atoms with E-state index in [1.54, 1.807) is 5.57 Å². The van der Waals surface area contributed by atoms with Crippen LogP contribution in [0.25, 0.3) is 0 Å². The van der Waals surface area contributed by atoms with Crippen LogP contribution in [0, 0.1) is 50.2 Å². The van der Waals surface area contributed by atoms with E-state index in [1.807, 2.05) is 0 Å². The van der Waals surface area contributed by atoms with Gasteiger partial charge in [0.25, 0.3) is 0 Å². The van der Waals surface area contributed by atoms with E-state index in [0.29, 0.717) is 22.7 Å². The molecule has 182 valence electrons. The number of allylic oxidation sites excluding steroid dienone is 1. The molecule has 32 heavy (non-hydrogen) atoms. The molecule has 9 atom stereocenters. The Hall–Kier alpha value is -0.340. The highest BCUT2D eigenvalue weighted by Crippen LogP contribution is 2.75. The zero-order valence-electron chi connectivity index (χ0n) is 22.2. The predicted octanol–water partition coefficient (Wildman–Crippen LogP) is 7.14. The first-order chi connectivity index (χ1) is 14.6. The lowest BCUT2D eigenvalue weighted by molar-refractivity contribution is -0.224. The lowest BCUT2D eigenvalue weighted by Gasteiger charge is -2.72.